The van der Waals surface area contributed by atoms with E-state index in [1.807, 2.05) is 30.3 Å². The second kappa shape index (κ2) is 12.8. The second-order valence-electron chi connectivity index (χ2n) is 1.49. The van der Waals surface area contributed by atoms with Crippen LogP contribution in [0.2, 0.25) is 0 Å². The molecule has 0 heterocycles. The Morgan fingerprint density at radius 3 is 1.55 bits per heavy atom. The maximum absolute atomic E-state index is 3.72. The van der Waals surface area contributed by atoms with Crippen LogP contribution in [0.25, 0.3) is 0 Å². The van der Waals surface area contributed by atoms with Crippen LogP contribution < -0.4 is 0 Å². The summed E-state index contributed by atoms with van der Waals surface area (Å²) in [7, 11) is 0. The molecule has 0 fully saturated rings. The Morgan fingerprint density at radius 1 is 1.00 bits per heavy atom. The maximum atomic E-state index is 3.72. The van der Waals surface area contributed by atoms with Gasteiger partial charge in [0.05, 0.1) is 0 Å². The molecular formula is C9H13ClMg. The van der Waals surface area contributed by atoms with E-state index in [2.05, 4.69) is 13.8 Å². The molecule has 0 amide bonds. The van der Waals surface area contributed by atoms with E-state index in [1.54, 1.807) is 6.92 Å². The Kier molecular flexibility index (Phi) is 20.1. The van der Waals surface area contributed by atoms with E-state index in [9.17, 15) is 0 Å². The molecule has 0 radical (unpaired) electrons. The number of halogens is 1. The Morgan fingerprint density at radius 2 is 1.36 bits per heavy atom. The minimum absolute atomic E-state index is 0. The molecule has 0 aliphatic carbocycles. The van der Waals surface area contributed by atoms with E-state index in [1.165, 1.54) is 0 Å². The molecule has 11 heavy (non-hydrogen) atoms. The zero-order valence-electron chi connectivity index (χ0n) is 6.92. The van der Waals surface area contributed by atoms with E-state index < -0.39 is 0 Å². The van der Waals surface area contributed by atoms with E-state index >= 15 is 0 Å². The van der Waals surface area contributed by atoms with Gasteiger partial charge in [-0.25, -0.2) is 0 Å². The molecule has 0 saturated heterocycles. The van der Waals surface area contributed by atoms with Crippen molar-refractivity contribution >= 4 is 35.5 Å². The van der Waals surface area contributed by atoms with E-state index in [0.717, 1.165) is 5.56 Å². The van der Waals surface area contributed by atoms with Crippen LogP contribution in [0.5, 0.6) is 0 Å². The zero-order chi connectivity index (χ0) is 7.11. The van der Waals surface area contributed by atoms with Crippen LogP contribution in [0.1, 0.15) is 12.5 Å². The van der Waals surface area contributed by atoms with Gasteiger partial charge in [-0.3, -0.25) is 0 Å². The van der Waals surface area contributed by atoms with Gasteiger partial charge in [0.2, 0.25) is 0 Å². The third-order valence-corrected chi connectivity index (χ3v) is 0.843. The standard InChI is InChI=1S/C7H7.C2H5.ClH.Mg/c1-7-5-3-2-4-6-7;1-2;;/h2-6H,1H2;1H2,2H3;1H;/q2*-1;;+2. The smallest absolute Gasteiger partial charge is 0.346 e. The molecule has 0 nitrogen and oxygen atoms in total. The molecule has 1 aromatic carbocycles. The van der Waals surface area contributed by atoms with Crippen LogP contribution in [0, 0.1) is 13.8 Å². The largest absolute Gasteiger partial charge is 2.00 e. The van der Waals surface area contributed by atoms with Gasteiger partial charge in [-0.1, -0.05) is 6.07 Å². The summed E-state index contributed by atoms with van der Waals surface area (Å²) in [5.41, 5.74) is 1.07. The van der Waals surface area contributed by atoms with E-state index in [4.69, 9.17) is 0 Å². The first-order valence-electron chi connectivity index (χ1n) is 2.97. The molecule has 0 spiro atoms. The van der Waals surface area contributed by atoms with Crippen LogP contribution in [-0.4, -0.2) is 23.1 Å². The molecule has 0 aliphatic heterocycles. The predicted octanol–water partition coefficient (Wildman–Crippen LogP) is 2.75. The molecule has 58 valence electrons. The third kappa shape index (κ3) is 10.1. The number of hydrogen-bond acceptors (Lipinski definition) is 0. The van der Waals surface area contributed by atoms with Crippen molar-refractivity contribution in [1.29, 1.82) is 0 Å². The van der Waals surface area contributed by atoms with Crippen LogP contribution in [0.4, 0.5) is 0 Å². The van der Waals surface area contributed by atoms with Gasteiger partial charge in [0, 0.05) is 0 Å². The summed E-state index contributed by atoms with van der Waals surface area (Å²) >= 11 is 0. The first kappa shape index (κ1) is 17.3. The molecule has 0 atom stereocenters. The topological polar surface area (TPSA) is 0 Å². The van der Waals surface area contributed by atoms with Crippen molar-refractivity contribution in [2.24, 2.45) is 0 Å². The van der Waals surface area contributed by atoms with Crippen molar-refractivity contribution in [3.05, 3.63) is 49.7 Å². The number of hydrogen-bond donors (Lipinski definition) is 0. The maximum Gasteiger partial charge on any atom is 2.00 e. The summed E-state index contributed by atoms with van der Waals surface area (Å²) in [6.45, 7) is 8.72. The molecule has 0 bridgehead atoms. The Labute approximate surface area is 92.0 Å². The van der Waals surface area contributed by atoms with Gasteiger partial charge < -0.3 is 6.92 Å². The van der Waals surface area contributed by atoms with Crippen molar-refractivity contribution in [3.63, 3.8) is 0 Å². The molecular weight excluding hydrogens is 168 g/mol. The van der Waals surface area contributed by atoms with Gasteiger partial charge in [-0.2, -0.15) is 31.5 Å². The molecule has 0 aliphatic rings. The van der Waals surface area contributed by atoms with Crippen LogP contribution in [0.3, 0.4) is 0 Å². The average molecular weight is 181 g/mol. The van der Waals surface area contributed by atoms with Crippen molar-refractivity contribution in [2.75, 3.05) is 0 Å². The molecule has 1 rings (SSSR count). The summed E-state index contributed by atoms with van der Waals surface area (Å²) in [6.07, 6.45) is 0. The SMILES string of the molecule is Cl.[CH2-]C.[CH2-]c1ccccc1.[Mg+2]. The summed E-state index contributed by atoms with van der Waals surface area (Å²) in [5.74, 6) is 0. The normalized spacial score (nSPS) is 6.00. The Bertz CT molecular complexity index is 139. The van der Waals surface area contributed by atoms with Crippen molar-refractivity contribution < 1.29 is 0 Å². The number of benzene rings is 1. The van der Waals surface area contributed by atoms with Crippen LogP contribution >= 0.6 is 12.4 Å². The van der Waals surface area contributed by atoms with Crippen LogP contribution in [-0.2, 0) is 0 Å². The summed E-state index contributed by atoms with van der Waals surface area (Å²) < 4.78 is 0. The summed E-state index contributed by atoms with van der Waals surface area (Å²) in [4.78, 5) is 0. The minimum atomic E-state index is 0. The molecule has 2 heteroatoms. The van der Waals surface area contributed by atoms with Gasteiger partial charge >= 0.3 is 23.1 Å². The first-order chi connectivity index (χ1) is 4.39. The van der Waals surface area contributed by atoms with Gasteiger partial charge in [0.15, 0.2) is 0 Å². The quantitative estimate of drug-likeness (QED) is 0.426. The third-order valence-electron chi connectivity index (χ3n) is 0.843. The van der Waals surface area contributed by atoms with Crippen molar-refractivity contribution in [2.45, 2.75) is 6.92 Å². The van der Waals surface area contributed by atoms with E-state index in [0.29, 0.717) is 0 Å². The Balaban J connectivity index is -0.000000149. The van der Waals surface area contributed by atoms with E-state index in [-0.39, 0.29) is 35.5 Å². The van der Waals surface area contributed by atoms with Crippen molar-refractivity contribution in [1.82, 2.24) is 0 Å². The van der Waals surface area contributed by atoms with Gasteiger partial charge in [-0.15, -0.1) is 24.5 Å². The van der Waals surface area contributed by atoms with Gasteiger partial charge in [-0.05, 0) is 0 Å². The monoisotopic (exact) mass is 180 g/mol. The molecule has 0 aromatic heterocycles. The number of rotatable bonds is 0. The minimum Gasteiger partial charge on any atom is -0.346 e. The van der Waals surface area contributed by atoms with Crippen LogP contribution in [0.15, 0.2) is 30.3 Å². The van der Waals surface area contributed by atoms with Gasteiger partial charge in [0.1, 0.15) is 0 Å². The first-order valence-corrected chi connectivity index (χ1v) is 2.97. The zero-order valence-corrected chi connectivity index (χ0v) is 9.15. The average Bonchev–Trinajstić information content (AvgIpc) is 1.94. The summed E-state index contributed by atoms with van der Waals surface area (Å²) in [5, 5.41) is 0. The molecule has 0 saturated carbocycles. The Hall–Kier alpha value is 0.146. The summed E-state index contributed by atoms with van der Waals surface area (Å²) in [6, 6.07) is 9.87. The molecule has 0 N–H and O–H groups in total. The predicted molar refractivity (Wildman–Crippen MR) is 54.9 cm³/mol. The van der Waals surface area contributed by atoms with Gasteiger partial charge in [0.25, 0.3) is 0 Å². The molecule has 0 unspecified atom stereocenters. The fraction of sp³-hybridized carbons (Fsp3) is 0.111. The fourth-order valence-electron chi connectivity index (χ4n) is 0.478. The second-order valence-corrected chi connectivity index (χ2v) is 1.49. The van der Waals surface area contributed by atoms with Crippen molar-refractivity contribution in [3.8, 4) is 0 Å². The fourth-order valence-corrected chi connectivity index (χ4v) is 0.478. The molecule has 1 aromatic rings.